The van der Waals surface area contributed by atoms with Gasteiger partial charge in [-0.1, -0.05) is 17.7 Å². The molecule has 1 aromatic carbocycles. The first-order valence-electron chi connectivity index (χ1n) is 5.80. The van der Waals surface area contributed by atoms with Crippen molar-refractivity contribution in [3.63, 3.8) is 0 Å². The predicted molar refractivity (Wildman–Crippen MR) is 75.7 cm³/mol. The molecule has 1 unspecified atom stereocenters. The molecule has 0 aliphatic carbocycles. The van der Waals surface area contributed by atoms with Gasteiger partial charge in [-0.2, -0.15) is 0 Å². The molecular weight excluding hydrogens is 269 g/mol. The Labute approximate surface area is 116 Å². The van der Waals surface area contributed by atoms with Crippen LogP contribution in [0.2, 0.25) is 5.02 Å². The molecule has 96 valence electrons. The molecule has 1 aromatic heterocycles. The topological polar surface area (TPSA) is 12.0 Å². The lowest BCUT2D eigenvalue weighted by Gasteiger charge is -2.13. The molecule has 0 spiro atoms. The number of rotatable bonds is 4. The number of aryl methyl sites for hydroxylation is 1. The monoisotopic (exact) mass is 283 g/mol. The van der Waals surface area contributed by atoms with Gasteiger partial charge < -0.3 is 5.32 Å². The van der Waals surface area contributed by atoms with Crippen molar-refractivity contribution in [2.24, 2.45) is 0 Å². The highest BCUT2D eigenvalue weighted by atomic mass is 35.5. The highest BCUT2D eigenvalue weighted by Crippen LogP contribution is 2.24. The fraction of sp³-hybridized carbons (Fsp3) is 0.286. The number of hydrogen-bond donors (Lipinski definition) is 1. The zero-order valence-electron chi connectivity index (χ0n) is 10.3. The van der Waals surface area contributed by atoms with Gasteiger partial charge in [0.05, 0.1) is 0 Å². The molecule has 0 saturated carbocycles. The summed E-state index contributed by atoms with van der Waals surface area (Å²) in [5.74, 6) is -0.260. The smallest absolute Gasteiger partial charge is 0.129 e. The van der Waals surface area contributed by atoms with Gasteiger partial charge in [0, 0.05) is 32.9 Å². The van der Waals surface area contributed by atoms with Crippen molar-refractivity contribution in [2.75, 3.05) is 0 Å². The van der Waals surface area contributed by atoms with Crippen molar-refractivity contribution < 1.29 is 4.39 Å². The maximum atomic E-state index is 13.6. The lowest BCUT2D eigenvalue weighted by molar-refractivity contribution is 0.549. The summed E-state index contributed by atoms with van der Waals surface area (Å²) in [4.78, 5) is 2.53. The van der Waals surface area contributed by atoms with Crippen molar-refractivity contribution in [3.05, 3.63) is 56.5 Å². The number of nitrogens with one attached hydrogen (secondary N) is 1. The largest absolute Gasteiger partial charge is 0.305 e. The summed E-state index contributed by atoms with van der Waals surface area (Å²) in [5.41, 5.74) is 0.527. The SMILES string of the molecule is Cc1ccc(C(C)NCc2c(F)cccc2Cl)s1. The van der Waals surface area contributed by atoms with Gasteiger partial charge in [-0.15, -0.1) is 11.3 Å². The Hall–Kier alpha value is -0.900. The fourth-order valence-corrected chi connectivity index (χ4v) is 2.88. The van der Waals surface area contributed by atoms with E-state index in [9.17, 15) is 4.39 Å². The van der Waals surface area contributed by atoms with Crippen LogP contribution in [-0.2, 0) is 6.54 Å². The van der Waals surface area contributed by atoms with Crippen LogP contribution in [0.3, 0.4) is 0 Å². The van der Waals surface area contributed by atoms with Crippen LogP contribution in [0.25, 0.3) is 0 Å². The summed E-state index contributed by atoms with van der Waals surface area (Å²) in [6, 6.07) is 9.14. The first kappa shape index (κ1) is 13.5. The fourth-order valence-electron chi connectivity index (χ4n) is 1.74. The second-order valence-corrected chi connectivity index (χ2v) is 5.98. The number of benzene rings is 1. The van der Waals surface area contributed by atoms with E-state index in [0.717, 1.165) is 0 Å². The first-order valence-corrected chi connectivity index (χ1v) is 7.00. The van der Waals surface area contributed by atoms with E-state index in [-0.39, 0.29) is 11.9 Å². The van der Waals surface area contributed by atoms with Crippen LogP contribution in [0.15, 0.2) is 30.3 Å². The molecule has 0 bridgehead atoms. The Morgan fingerprint density at radius 2 is 2.11 bits per heavy atom. The van der Waals surface area contributed by atoms with Crippen molar-refractivity contribution in [2.45, 2.75) is 26.4 Å². The van der Waals surface area contributed by atoms with Gasteiger partial charge in [-0.25, -0.2) is 4.39 Å². The molecule has 0 fully saturated rings. The molecular formula is C14H15ClFNS. The Kier molecular flexibility index (Phi) is 4.38. The molecule has 0 radical (unpaired) electrons. The van der Waals surface area contributed by atoms with Crippen LogP contribution >= 0.6 is 22.9 Å². The van der Waals surface area contributed by atoms with Crippen molar-refractivity contribution in [3.8, 4) is 0 Å². The Morgan fingerprint density at radius 3 is 2.72 bits per heavy atom. The highest BCUT2D eigenvalue weighted by Gasteiger charge is 2.10. The quantitative estimate of drug-likeness (QED) is 0.858. The molecule has 4 heteroatoms. The lowest BCUT2D eigenvalue weighted by atomic mass is 10.2. The highest BCUT2D eigenvalue weighted by molar-refractivity contribution is 7.12. The maximum absolute atomic E-state index is 13.6. The van der Waals surface area contributed by atoms with Crippen LogP contribution < -0.4 is 5.32 Å². The van der Waals surface area contributed by atoms with Crippen LogP contribution in [0, 0.1) is 12.7 Å². The molecule has 1 N–H and O–H groups in total. The van der Waals surface area contributed by atoms with Gasteiger partial charge in [0.15, 0.2) is 0 Å². The van der Waals surface area contributed by atoms with E-state index in [4.69, 9.17) is 11.6 Å². The normalized spacial score (nSPS) is 12.7. The van der Waals surface area contributed by atoms with Crippen LogP contribution in [0.5, 0.6) is 0 Å². The molecule has 2 rings (SSSR count). The average Bonchev–Trinajstić information content (AvgIpc) is 2.75. The van der Waals surface area contributed by atoms with Gasteiger partial charge >= 0.3 is 0 Å². The van der Waals surface area contributed by atoms with E-state index < -0.39 is 0 Å². The number of halogens is 2. The van der Waals surface area contributed by atoms with E-state index in [1.807, 2.05) is 0 Å². The molecule has 0 aliphatic rings. The van der Waals surface area contributed by atoms with Gasteiger partial charge in [-0.3, -0.25) is 0 Å². The van der Waals surface area contributed by atoms with Crippen molar-refractivity contribution in [1.82, 2.24) is 5.32 Å². The molecule has 1 atom stereocenters. The predicted octanol–water partition coefficient (Wildman–Crippen LogP) is 4.70. The maximum Gasteiger partial charge on any atom is 0.129 e. The first-order chi connectivity index (χ1) is 8.58. The third-order valence-corrected chi connectivity index (χ3v) is 4.37. The molecule has 1 heterocycles. The third-order valence-electron chi connectivity index (χ3n) is 2.83. The summed E-state index contributed by atoms with van der Waals surface area (Å²) >= 11 is 7.74. The van der Waals surface area contributed by atoms with Gasteiger partial charge in [-0.05, 0) is 38.1 Å². The second-order valence-electron chi connectivity index (χ2n) is 4.25. The van der Waals surface area contributed by atoms with Crippen molar-refractivity contribution >= 4 is 22.9 Å². The minimum atomic E-state index is -0.260. The standard InChI is InChI=1S/C14H15ClFNS/c1-9-6-7-14(18-9)10(2)17-8-11-12(15)4-3-5-13(11)16/h3-7,10,17H,8H2,1-2H3. The molecule has 0 aliphatic heterocycles. The van der Waals surface area contributed by atoms with Crippen LogP contribution in [-0.4, -0.2) is 0 Å². The van der Waals surface area contributed by atoms with Gasteiger partial charge in [0.1, 0.15) is 5.82 Å². The van der Waals surface area contributed by atoms with Gasteiger partial charge in [0.25, 0.3) is 0 Å². The van der Waals surface area contributed by atoms with E-state index in [1.54, 1.807) is 23.5 Å². The van der Waals surface area contributed by atoms with Crippen molar-refractivity contribution in [1.29, 1.82) is 0 Å². The Bertz CT molecular complexity index is 518. The minimum Gasteiger partial charge on any atom is -0.305 e. The number of hydrogen-bond acceptors (Lipinski definition) is 2. The lowest BCUT2D eigenvalue weighted by Crippen LogP contribution is -2.18. The van der Waals surface area contributed by atoms with Gasteiger partial charge in [0.2, 0.25) is 0 Å². The second kappa shape index (κ2) is 5.83. The summed E-state index contributed by atoms with van der Waals surface area (Å²) in [7, 11) is 0. The average molecular weight is 284 g/mol. The summed E-state index contributed by atoms with van der Waals surface area (Å²) in [5, 5.41) is 3.77. The summed E-state index contributed by atoms with van der Waals surface area (Å²) in [6.45, 7) is 4.58. The molecule has 0 saturated heterocycles. The zero-order chi connectivity index (χ0) is 13.1. The minimum absolute atomic E-state index is 0.194. The summed E-state index contributed by atoms with van der Waals surface area (Å²) < 4.78 is 13.6. The third kappa shape index (κ3) is 3.10. The molecule has 2 aromatic rings. The summed E-state index contributed by atoms with van der Waals surface area (Å²) in [6.07, 6.45) is 0. The molecule has 1 nitrogen and oxygen atoms in total. The van der Waals surface area contributed by atoms with E-state index in [2.05, 4.69) is 31.3 Å². The van der Waals surface area contributed by atoms with Crippen LogP contribution in [0.4, 0.5) is 4.39 Å². The molecule has 0 amide bonds. The van der Waals surface area contributed by atoms with E-state index >= 15 is 0 Å². The Morgan fingerprint density at radius 1 is 1.33 bits per heavy atom. The molecule has 18 heavy (non-hydrogen) atoms. The zero-order valence-corrected chi connectivity index (χ0v) is 11.9. The number of thiophene rings is 1. The van der Waals surface area contributed by atoms with E-state index in [1.165, 1.54) is 15.8 Å². The van der Waals surface area contributed by atoms with E-state index in [0.29, 0.717) is 17.1 Å². The Balaban J connectivity index is 2.03. The van der Waals surface area contributed by atoms with Crippen LogP contribution in [0.1, 0.15) is 28.3 Å².